The van der Waals surface area contributed by atoms with Crippen molar-refractivity contribution in [1.29, 1.82) is 0 Å². The Balaban J connectivity index is 2.66. The van der Waals surface area contributed by atoms with Crippen molar-refractivity contribution in [3.8, 4) is 11.5 Å². The van der Waals surface area contributed by atoms with E-state index in [1.807, 2.05) is 13.0 Å². The van der Waals surface area contributed by atoms with Gasteiger partial charge in [-0.05, 0) is 18.5 Å². The zero-order valence-electron chi connectivity index (χ0n) is 9.03. The van der Waals surface area contributed by atoms with E-state index in [0.717, 1.165) is 5.39 Å². The molecule has 2 aromatic rings. The Morgan fingerprint density at radius 2 is 2.19 bits per heavy atom. The third kappa shape index (κ3) is 2.02. The van der Waals surface area contributed by atoms with Crippen molar-refractivity contribution < 1.29 is 9.47 Å². The third-order valence-electron chi connectivity index (χ3n) is 2.14. The summed E-state index contributed by atoms with van der Waals surface area (Å²) in [6, 6.07) is 3.61. The van der Waals surface area contributed by atoms with Gasteiger partial charge >= 0.3 is 0 Å². The van der Waals surface area contributed by atoms with Crippen LogP contribution in [0.2, 0.25) is 5.28 Å². The molecule has 2 rings (SSSR count). The normalized spacial score (nSPS) is 10.4. The molecule has 0 bridgehead atoms. The molecule has 0 N–H and O–H groups in total. The quantitative estimate of drug-likeness (QED) is 0.772. The highest BCUT2D eigenvalue weighted by Gasteiger charge is 2.07. The summed E-state index contributed by atoms with van der Waals surface area (Å²) in [5.74, 6) is 1.39. The number of rotatable bonds is 3. The number of ether oxygens (including phenoxy) is 2. The van der Waals surface area contributed by atoms with Crippen LogP contribution in [0.1, 0.15) is 6.92 Å². The highest BCUT2D eigenvalue weighted by molar-refractivity contribution is 6.28. The molecule has 0 fully saturated rings. The first-order valence-corrected chi connectivity index (χ1v) is 5.25. The second kappa shape index (κ2) is 4.53. The van der Waals surface area contributed by atoms with Crippen LogP contribution in [0.5, 0.6) is 11.5 Å². The highest BCUT2D eigenvalue weighted by Crippen LogP contribution is 2.30. The van der Waals surface area contributed by atoms with Crippen molar-refractivity contribution in [1.82, 2.24) is 9.97 Å². The van der Waals surface area contributed by atoms with Crippen molar-refractivity contribution >= 4 is 22.5 Å². The Hall–Kier alpha value is -1.55. The molecule has 0 atom stereocenters. The summed E-state index contributed by atoms with van der Waals surface area (Å²) in [6.45, 7) is 2.49. The minimum absolute atomic E-state index is 0.211. The number of aromatic nitrogens is 2. The molecule has 1 aromatic heterocycles. The first-order chi connectivity index (χ1) is 7.74. The minimum Gasteiger partial charge on any atom is -0.497 e. The number of halogens is 1. The fraction of sp³-hybridized carbons (Fsp3) is 0.273. The molecule has 0 amide bonds. The summed E-state index contributed by atoms with van der Waals surface area (Å²) in [7, 11) is 1.60. The minimum atomic E-state index is 0.211. The third-order valence-corrected chi connectivity index (χ3v) is 2.32. The summed E-state index contributed by atoms with van der Waals surface area (Å²) < 4.78 is 10.7. The number of fused-ring (bicyclic) bond motifs is 1. The van der Waals surface area contributed by atoms with Crippen LogP contribution >= 0.6 is 11.6 Å². The lowest BCUT2D eigenvalue weighted by molar-refractivity contribution is 0.340. The topological polar surface area (TPSA) is 44.2 Å². The van der Waals surface area contributed by atoms with Crippen LogP contribution < -0.4 is 9.47 Å². The number of hydrogen-bond acceptors (Lipinski definition) is 4. The van der Waals surface area contributed by atoms with Crippen molar-refractivity contribution in [3.63, 3.8) is 0 Å². The molecule has 0 radical (unpaired) electrons. The molecule has 0 saturated heterocycles. The van der Waals surface area contributed by atoms with E-state index < -0.39 is 0 Å². The Labute approximate surface area is 98.2 Å². The first kappa shape index (κ1) is 11.0. The predicted molar refractivity (Wildman–Crippen MR) is 62.3 cm³/mol. The summed E-state index contributed by atoms with van der Waals surface area (Å²) in [4.78, 5) is 8.06. The van der Waals surface area contributed by atoms with E-state index in [2.05, 4.69) is 9.97 Å². The molecule has 84 valence electrons. The second-order valence-electron chi connectivity index (χ2n) is 3.13. The van der Waals surface area contributed by atoms with Gasteiger partial charge in [-0.2, -0.15) is 0 Å². The lowest BCUT2D eigenvalue weighted by atomic mass is 10.2. The fourth-order valence-electron chi connectivity index (χ4n) is 1.45. The second-order valence-corrected chi connectivity index (χ2v) is 3.47. The Morgan fingerprint density at radius 1 is 1.38 bits per heavy atom. The van der Waals surface area contributed by atoms with Gasteiger partial charge in [0.15, 0.2) is 0 Å². The number of methoxy groups -OCH3 is 1. The van der Waals surface area contributed by atoms with Crippen LogP contribution in [0.3, 0.4) is 0 Å². The lowest BCUT2D eigenvalue weighted by Crippen LogP contribution is -1.95. The average Bonchev–Trinajstić information content (AvgIpc) is 2.28. The van der Waals surface area contributed by atoms with Crippen LogP contribution in [0.4, 0.5) is 0 Å². The lowest BCUT2D eigenvalue weighted by Gasteiger charge is -2.09. The van der Waals surface area contributed by atoms with Crippen LogP contribution in [0.25, 0.3) is 10.9 Å². The van der Waals surface area contributed by atoms with Crippen LogP contribution in [-0.2, 0) is 0 Å². The van der Waals surface area contributed by atoms with E-state index in [1.54, 1.807) is 19.4 Å². The van der Waals surface area contributed by atoms with E-state index in [-0.39, 0.29) is 5.28 Å². The van der Waals surface area contributed by atoms with Gasteiger partial charge in [0.05, 0.1) is 24.6 Å². The van der Waals surface area contributed by atoms with Gasteiger partial charge in [0.25, 0.3) is 0 Å². The van der Waals surface area contributed by atoms with E-state index >= 15 is 0 Å². The van der Waals surface area contributed by atoms with Gasteiger partial charge in [0, 0.05) is 18.3 Å². The summed E-state index contributed by atoms with van der Waals surface area (Å²) in [5, 5.41) is 1.04. The zero-order chi connectivity index (χ0) is 11.5. The molecule has 0 spiro atoms. The maximum Gasteiger partial charge on any atom is 0.222 e. The van der Waals surface area contributed by atoms with Gasteiger partial charge in [-0.15, -0.1) is 0 Å². The number of benzene rings is 1. The largest absolute Gasteiger partial charge is 0.497 e. The monoisotopic (exact) mass is 238 g/mol. The highest BCUT2D eigenvalue weighted by atomic mass is 35.5. The van der Waals surface area contributed by atoms with Crippen LogP contribution in [-0.4, -0.2) is 23.7 Å². The fourth-order valence-corrected chi connectivity index (χ4v) is 1.59. The maximum atomic E-state index is 5.74. The van der Waals surface area contributed by atoms with Gasteiger partial charge in [0.1, 0.15) is 11.5 Å². The Morgan fingerprint density at radius 3 is 2.88 bits per heavy atom. The molecule has 0 saturated carbocycles. The molecule has 0 aliphatic heterocycles. The van der Waals surface area contributed by atoms with Crippen LogP contribution in [0, 0.1) is 0 Å². The van der Waals surface area contributed by atoms with Crippen molar-refractivity contribution in [2.45, 2.75) is 6.92 Å². The van der Waals surface area contributed by atoms with Crippen LogP contribution in [0.15, 0.2) is 18.3 Å². The first-order valence-electron chi connectivity index (χ1n) is 4.87. The number of nitrogens with zero attached hydrogens (tertiary/aromatic N) is 2. The smallest absolute Gasteiger partial charge is 0.222 e. The summed E-state index contributed by atoms with van der Waals surface area (Å²) in [6.07, 6.45) is 1.65. The van der Waals surface area contributed by atoms with E-state index in [9.17, 15) is 0 Å². The standard InChI is InChI=1S/C11H11ClN2O2/c1-3-16-10-5-7(15-2)4-9-8(10)6-13-11(12)14-9/h4-6H,3H2,1-2H3. The molecule has 0 aliphatic rings. The molecule has 0 unspecified atom stereocenters. The van der Waals surface area contributed by atoms with Gasteiger partial charge in [0.2, 0.25) is 5.28 Å². The SMILES string of the molecule is CCOc1cc(OC)cc2nc(Cl)ncc12. The van der Waals surface area contributed by atoms with Crippen molar-refractivity contribution in [2.24, 2.45) is 0 Å². The molecule has 5 heteroatoms. The maximum absolute atomic E-state index is 5.74. The molecule has 1 aromatic carbocycles. The Bertz CT molecular complexity index is 517. The number of hydrogen-bond donors (Lipinski definition) is 0. The molecule has 0 aliphatic carbocycles. The van der Waals surface area contributed by atoms with E-state index in [1.165, 1.54) is 0 Å². The Kier molecular flexibility index (Phi) is 3.10. The molecular weight excluding hydrogens is 228 g/mol. The predicted octanol–water partition coefficient (Wildman–Crippen LogP) is 2.69. The van der Waals surface area contributed by atoms with Gasteiger partial charge in [-0.3, -0.25) is 0 Å². The van der Waals surface area contributed by atoms with E-state index in [0.29, 0.717) is 23.6 Å². The van der Waals surface area contributed by atoms with Gasteiger partial charge in [-0.1, -0.05) is 0 Å². The average molecular weight is 239 g/mol. The molecule has 4 nitrogen and oxygen atoms in total. The van der Waals surface area contributed by atoms with Crippen molar-refractivity contribution in [2.75, 3.05) is 13.7 Å². The molecular formula is C11H11ClN2O2. The van der Waals surface area contributed by atoms with Gasteiger partial charge < -0.3 is 9.47 Å². The zero-order valence-corrected chi connectivity index (χ0v) is 9.78. The summed E-state index contributed by atoms with van der Waals surface area (Å²) >= 11 is 5.74. The summed E-state index contributed by atoms with van der Waals surface area (Å²) in [5.41, 5.74) is 0.711. The molecule has 1 heterocycles. The molecule has 16 heavy (non-hydrogen) atoms. The van der Waals surface area contributed by atoms with Gasteiger partial charge in [-0.25, -0.2) is 9.97 Å². The van der Waals surface area contributed by atoms with Crippen molar-refractivity contribution in [3.05, 3.63) is 23.6 Å². The van der Waals surface area contributed by atoms with E-state index in [4.69, 9.17) is 21.1 Å².